The lowest BCUT2D eigenvalue weighted by atomic mass is 9.96. The highest BCUT2D eigenvalue weighted by molar-refractivity contribution is 5.86. The van der Waals surface area contributed by atoms with E-state index in [0.29, 0.717) is 22.6 Å². The van der Waals surface area contributed by atoms with Crippen molar-refractivity contribution in [2.45, 2.75) is 13.0 Å². The molecule has 1 atom stereocenters. The van der Waals surface area contributed by atoms with Crippen LogP contribution in [-0.4, -0.2) is 29.7 Å². The van der Waals surface area contributed by atoms with E-state index in [2.05, 4.69) is 10.3 Å². The number of amides is 1. The molecular formula is C26H24N2O4. The third-order valence-corrected chi connectivity index (χ3v) is 5.24. The number of nitrogens with one attached hydrogen (secondary N) is 1. The summed E-state index contributed by atoms with van der Waals surface area (Å²) in [7, 11) is 1.59. The molecule has 162 valence electrons. The van der Waals surface area contributed by atoms with Gasteiger partial charge in [0.05, 0.1) is 13.2 Å². The van der Waals surface area contributed by atoms with Crippen LogP contribution in [0.2, 0.25) is 0 Å². The largest absolute Gasteiger partial charge is 0.505 e. The first-order valence-corrected chi connectivity index (χ1v) is 10.2. The van der Waals surface area contributed by atoms with Crippen molar-refractivity contribution in [3.63, 3.8) is 0 Å². The molecule has 0 radical (unpaired) electrons. The first-order valence-electron chi connectivity index (χ1n) is 10.2. The van der Waals surface area contributed by atoms with Gasteiger partial charge in [0.25, 0.3) is 5.91 Å². The summed E-state index contributed by atoms with van der Waals surface area (Å²) >= 11 is 0. The molecule has 4 rings (SSSR count). The Hall–Kier alpha value is -4.06. The summed E-state index contributed by atoms with van der Waals surface area (Å²) < 4.78 is 10.9. The zero-order valence-corrected chi connectivity index (χ0v) is 17.9. The molecule has 1 heterocycles. The number of methoxy groups -OCH3 is 1. The second kappa shape index (κ2) is 9.39. The SMILES string of the molecule is COc1ccc(C(NC(=O)COc2ccc(C)cc2)c2ccc3cccnc3c2O)cc1. The Morgan fingerprint density at radius 3 is 2.44 bits per heavy atom. The van der Waals surface area contributed by atoms with Crippen LogP contribution in [0.15, 0.2) is 79.0 Å². The van der Waals surface area contributed by atoms with Crippen LogP contribution in [0.5, 0.6) is 17.2 Å². The summed E-state index contributed by atoms with van der Waals surface area (Å²) in [6, 6.07) is 21.6. The first-order chi connectivity index (χ1) is 15.5. The number of hydrogen-bond donors (Lipinski definition) is 2. The number of pyridine rings is 1. The molecule has 3 aromatic carbocycles. The minimum absolute atomic E-state index is 0.0312. The smallest absolute Gasteiger partial charge is 0.258 e. The van der Waals surface area contributed by atoms with Gasteiger partial charge in [-0.05, 0) is 42.8 Å². The number of phenols is 1. The molecule has 1 amide bonds. The Morgan fingerprint density at radius 1 is 1.00 bits per heavy atom. The van der Waals surface area contributed by atoms with Crippen LogP contribution in [0.25, 0.3) is 10.9 Å². The summed E-state index contributed by atoms with van der Waals surface area (Å²) in [5.74, 6) is 1.03. The van der Waals surface area contributed by atoms with Gasteiger partial charge in [-0.3, -0.25) is 9.78 Å². The molecule has 0 aliphatic heterocycles. The van der Waals surface area contributed by atoms with Gasteiger partial charge >= 0.3 is 0 Å². The predicted octanol–water partition coefficient (Wildman–Crippen LogP) is 4.54. The Kier molecular flexibility index (Phi) is 6.22. The number of benzene rings is 3. The van der Waals surface area contributed by atoms with E-state index in [4.69, 9.17) is 9.47 Å². The van der Waals surface area contributed by atoms with Gasteiger partial charge in [-0.1, -0.05) is 48.0 Å². The summed E-state index contributed by atoms with van der Waals surface area (Å²) in [5.41, 5.74) is 2.93. The molecule has 0 aliphatic carbocycles. The van der Waals surface area contributed by atoms with Crippen molar-refractivity contribution in [1.82, 2.24) is 10.3 Å². The van der Waals surface area contributed by atoms with Gasteiger partial charge in [-0.15, -0.1) is 0 Å². The van der Waals surface area contributed by atoms with Crippen molar-refractivity contribution in [3.05, 3.63) is 95.7 Å². The Morgan fingerprint density at radius 2 is 1.72 bits per heavy atom. The van der Waals surface area contributed by atoms with E-state index >= 15 is 0 Å². The topological polar surface area (TPSA) is 80.7 Å². The lowest BCUT2D eigenvalue weighted by Crippen LogP contribution is -2.33. The normalized spacial score (nSPS) is 11.7. The van der Waals surface area contributed by atoms with Crippen LogP contribution in [0.3, 0.4) is 0 Å². The molecule has 2 N–H and O–H groups in total. The number of carbonyl (C=O) groups is 1. The summed E-state index contributed by atoms with van der Waals surface area (Å²) in [5, 5.41) is 14.8. The highest BCUT2D eigenvalue weighted by Gasteiger charge is 2.22. The Labute approximate surface area is 186 Å². The minimum atomic E-state index is -0.596. The average molecular weight is 428 g/mol. The van der Waals surface area contributed by atoms with E-state index in [0.717, 1.165) is 16.5 Å². The molecule has 0 saturated heterocycles. The fraction of sp³-hybridized carbons (Fsp3) is 0.154. The predicted molar refractivity (Wildman–Crippen MR) is 123 cm³/mol. The van der Waals surface area contributed by atoms with Crippen LogP contribution >= 0.6 is 0 Å². The van der Waals surface area contributed by atoms with Crippen molar-refractivity contribution < 1.29 is 19.4 Å². The van der Waals surface area contributed by atoms with E-state index in [1.54, 1.807) is 19.4 Å². The first kappa shape index (κ1) is 21.2. The highest BCUT2D eigenvalue weighted by Crippen LogP contribution is 2.35. The molecule has 0 bridgehead atoms. The van der Waals surface area contributed by atoms with Crippen LogP contribution in [0.1, 0.15) is 22.7 Å². The zero-order valence-electron chi connectivity index (χ0n) is 17.9. The number of nitrogens with zero attached hydrogens (tertiary/aromatic N) is 1. The maximum absolute atomic E-state index is 12.8. The fourth-order valence-corrected chi connectivity index (χ4v) is 3.50. The minimum Gasteiger partial charge on any atom is -0.505 e. The number of aryl methyl sites for hydroxylation is 1. The van der Waals surface area contributed by atoms with Crippen molar-refractivity contribution in [3.8, 4) is 17.2 Å². The van der Waals surface area contributed by atoms with E-state index in [9.17, 15) is 9.90 Å². The lowest BCUT2D eigenvalue weighted by Gasteiger charge is -2.22. The summed E-state index contributed by atoms with van der Waals surface area (Å²) in [6.45, 7) is 1.84. The summed E-state index contributed by atoms with van der Waals surface area (Å²) in [4.78, 5) is 17.1. The van der Waals surface area contributed by atoms with E-state index in [1.165, 1.54) is 0 Å². The molecule has 6 heteroatoms. The summed E-state index contributed by atoms with van der Waals surface area (Å²) in [6.07, 6.45) is 1.63. The van der Waals surface area contributed by atoms with E-state index < -0.39 is 6.04 Å². The molecule has 32 heavy (non-hydrogen) atoms. The maximum Gasteiger partial charge on any atom is 0.258 e. The van der Waals surface area contributed by atoms with Crippen LogP contribution in [0, 0.1) is 6.92 Å². The lowest BCUT2D eigenvalue weighted by molar-refractivity contribution is -0.123. The molecule has 0 aliphatic rings. The molecule has 0 spiro atoms. The monoisotopic (exact) mass is 428 g/mol. The molecule has 0 saturated carbocycles. The number of fused-ring (bicyclic) bond motifs is 1. The number of phenolic OH excluding ortho intramolecular Hbond substituents is 1. The van der Waals surface area contributed by atoms with Gasteiger partial charge in [0.15, 0.2) is 6.61 Å². The molecule has 6 nitrogen and oxygen atoms in total. The Bertz CT molecular complexity index is 1220. The van der Waals surface area contributed by atoms with E-state index in [-0.39, 0.29) is 18.3 Å². The standard InChI is InChI=1S/C26H24N2O4/c1-17-5-10-21(11-6-17)32-16-23(29)28-24(19-7-12-20(31-2)13-8-19)22-14-9-18-4-3-15-27-25(18)26(22)30/h3-15,24,30H,16H2,1-2H3,(H,28,29). The zero-order chi connectivity index (χ0) is 22.5. The van der Waals surface area contributed by atoms with Crippen LogP contribution in [-0.2, 0) is 4.79 Å². The quantitative estimate of drug-likeness (QED) is 0.452. The molecule has 4 aromatic rings. The molecule has 1 unspecified atom stereocenters. The number of carbonyl (C=O) groups excluding carboxylic acids is 1. The van der Waals surface area contributed by atoms with Gasteiger partial charge in [0.2, 0.25) is 0 Å². The van der Waals surface area contributed by atoms with Crippen molar-refractivity contribution in [2.75, 3.05) is 13.7 Å². The van der Waals surface area contributed by atoms with Crippen LogP contribution in [0.4, 0.5) is 0 Å². The van der Waals surface area contributed by atoms with Crippen molar-refractivity contribution in [2.24, 2.45) is 0 Å². The Balaban J connectivity index is 1.62. The average Bonchev–Trinajstić information content (AvgIpc) is 2.83. The number of ether oxygens (including phenoxy) is 2. The van der Waals surface area contributed by atoms with Gasteiger partial charge in [0.1, 0.15) is 22.8 Å². The number of aromatic nitrogens is 1. The molecular weight excluding hydrogens is 404 g/mol. The van der Waals surface area contributed by atoms with Gasteiger partial charge < -0.3 is 19.9 Å². The highest BCUT2D eigenvalue weighted by atomic mass is 16.5. The number of aromatic hydroxyl groups is 1. The maximum atomic E-state index is 12.8. The third kappa shape index (κ3) is 4.64. The third-order valence-electron chi connectivity index (χ3n) is 5.24. The number of hydrogen-bond acceptors (Lipinski definition) is 5. The second-order valence-corrected chi connectivity index (χ2v) is 7.45. The number of rotatable bonds is 7. The fourth-order valence-electron chi connectivity index (χ4n) is 3.50. The second-order valence-electron chi connectivity index (χ2n) is 7.45. The van der Waals surface area contributed by atoms with E-state index in [1.807, 2.05) is 73.7 Å². The molecule has 0 fully saturated rings. The van der Waals surface area contributed by atoms with Crippen molar-refractivity contribution >= 4 is 16.8 Å². The van der Waals surface area contributed by atoms with Gasteiger partial charge in [-0.25, -0.2) is 0 Å². The molecule has 1 aromatic heterocycles. The van der Waals surface area contributed by atoms with Gasteiger partial charge in [-0.2, -0.15) is 0 Å². The van der Waals surface area contributed by atoms with Crippen molar-refractivity contribution in [1.29, 1.82) is 0 Å². The van der Waals surface area contributed by atoms with Crippen LogP contribution < -0.4 is 14.8 Å². The van der Waals surface area contributed by atoms with Gasteiger partial charge in [0, 0.05) is 17.1 Å².